The van der Waals surface area contributed by atoms with Crippen LogP contribution in [-0.2, 0) is 26.5 Å². The average molecular weight is 443 g/mol. The second-order valence-corrected chi connectivity index (χ2v) is 12.1. The lowest BCUT2D eigenvalue weighted by atomic mass is 10.0. The van der Waals surface area contributed by atoms with Gasteiger partial charge in [0.1, 0.15) is 12.4 Å². The van der Waals surface area contributed by atoms with Gasteiger partial charge >= 0.3 is 0 Å². The number of rotatable bonds is 11. The Bertz CT molecular complexity index is 1030. The van der Waals surface area contributed by atoms with Crippen molar-refractivity contribution in [2.24, 2.45) is 0 Å². The molecule has 2 N–H and O–H groups in total. The normalized spacial score (nSPS) is 12.8. The summed E-state index contributed by atoms with van der Waals surface area (Å²) in [5.41, 5.74) is 1.04. The van der Waals surface area contributed by atoms with Crippen LogP contribution in [0.4, 0.5) is 0 Å². The summed E-state index contributed by atoms with van der Waals surface area (Å²) in [7, 11) is -6.54. The molecule has 0 unspecified atom stereocenters. The zero-order chi connectivity index (χ0) is 21.7. The van der Waals surface area contributed by atoms with Crippen molar-refractivity contribution < 1.29 is 21.6 Å². The first kappa shape index (κ1) is 23.6. The highest BCUT2D eigenvalue weighted by atomic mass is 32.2. The Balaban J connectivity index is 1.92. The average Bonchev–Trinajstić information content (AvgIpc) is 2.64. The van der Waals surface area contributed by atoms with E-state index in [1.54, 1.807) is 27.7 Å². The maximum Gasteiger partial charge on any atom is 0.214 e. The molecule has 2 rings (SSSR count). The Morgan fingerprint density at radius 3 is 1.97 bits per heavy atom. The van der Waals surface area contributed by atoms with Gasteiger partial charge in [0.05, 0.1) is 10.5 Å². The largest absolute Gasteiger partial charge is 0.492 e. The highest BCUT2D eigenvalue weighted by Crippen LogP contribution is 2.22. The minimum absolute atomic E-state index is 0.212. The zero-order valence-corrected chi connectivity index (χ0v) is 18.9. The Morgan fingerprint density at radius 1 is 0.793 bits per heavy atom. The Kier molecular flexibility index (Phi) is 8.04. The molecular formula is C20H30N2O5S2. The number of sulfonamides is 2. The van der Waals surface area contributed by atoms with Gasteiger partial charge in [-0.15, -0.1) is 0 Å². The standard InChI is InChI=1S/C20H30N2O5S2/c1-15(2)28(23,24)21-10-9-17-5-6-19-14-20(8-7-18(19)13-17)27-12-11-22-29(25,26)16(3)4/h5-8,13-16,21-22H,9-12H2,1-4H3. The van der Waals surface area contributed by atoms with E-state index in [9.17, 15) is 16.8 Å². The van der Waals surface area contributed by atoms with E-state index in [4.69, 9.17) is 4.74 Å². The maximum atomic E-state index is 11.8. The minimum Gasteiger partial charge on any atom is -0.492 e. The Morgan fingerprint density at radius 2 is 1.34 bits per heavy atom. The molecule has 2 aromatic rings. The molecule has 2 aromatic carbocycles. The van der Waals surface area contributed by atoms with E-state index in [1.807, 2.05) is 36.4 Å². The molecule has 0 saturated carbocycles. The maximum absolute atomic E-state index is 11.8. The molecule has 0 atom stereocenters. The molecule has 0 amide bonds. The quantitative estimate of drug-likeness (QED) is 0.521. The molecule has 0 aliphatic rings. The van der Waals surface area contributed by atoms with Gasteiger partial charge < -0.3 is 4.74 Å². The minimum atomic E-state index is -3.29. The smallest absolute Gasteiger partial charge is 0.214 e. The van der Waals surface area contributed by atoms with Crippen molar-refractivity contribution in [2.75, 3.05) is 19.7 Å². The first-order valence-corrected chi connectivity index (χ1v) is 12.7. The fourth-order valence-corrected chi connectivity index (χ4v) is 3.96. The number of hydrogen-bond acceptors (Lipinski definition) is 5. The van der Waals surface area contributed by atoms with Gasteiger partial charge in [-0.25, -0.2) is 26.3 Å². The molecule has 0 spiro atoms. The molecule has 0 heterocycles. The predicted octanol–water partition coefficient (Wildman–Crippen LogP) is 2.42. The van der Waals surface area contributed by atoms with Crippen LogP contribution in [-0.4, -0.2) is 47.0 Å². The second-order valence-electron chi connectivity index (χ2n) is 7.42. The third-order valence-electron chi connectivity index (χ3n) is 4.51. The summed E-state index contributed by atoms with van der Waals surface area (Å²) in [6, 6.07) is 11.6. The van der Waals surface area contributed by atoms with Crippen LogP contribution in [0.25, 0.3) is 10.8 Å². The third kappa shape index (κ3) is 6.95. The lowest BCUT2D eigenvalue weighted by molar-refractivity contribution is 0.323. The van der Waals surface area contributed by atoms with Gasteiger partial charge in [0.15, 0.2) is 0 Å². The number of fused-ring (bicyclic) bond motifs is 1. The first-order valence-electron chi connectivity index (χ1n) is 9.64. The molecular weight excluding hydrogens is 412 g/mol. The summed E-state index contributed by atoms with van der Waals surface area (Å²) in [4.78, 5) is 0. The van der Waals surface area contributed by atoms with Gasteiger partial charge in [-0.1, -0.05) is 24.3 Å². The van der Waals surface area contributed by atoms with Crippen LogP contribution in [0, 0.1) is 0 Å². The fraction of sp³-hybridized carbons (Fsp3) is 0.500. The number of benzene rings is 2. The number of hydrogen-bond donors (Lipinski definition) is 2. The van der Waals surface area contributed by atoms with E-state index >= 15 is 0 Å². The van der Waals surface area contributed by atoms with Crippen molar-refractivity contribution in [3.05, 3.63) is 42.0 Å². The molecule has 9 heteroatoms. The third-order valence-corrected chi connectivity index (χ3v) is 8.20. The van der Waals surface area contributed by atoms with Gasteiger partial charge in [0.2, 0.25) is 20.0 Å². The molecule has 0 fully saturated rings. The zero-order valence-electron chi connectivity index (χ0n) is 17.3. The summed E-state index contributed by atoms with van der Waals surface area (Å²) in [6.45, 7) is 7.36. The molecule has 0 aliphatic heterocycles. The number of ether oxygens (including phenoxy) is 1. The van der Waals surface area contributed by atoms with E-state index in [1.165, 1.54) is 0 Å². The molecule has 0 bridgehead atoms. The molecule has 7 nitrogen and oxygen atoms in total. The van der Waals surface area contributed by atoms with Gasteiger partial charge in [0, 0.05) is 13.1 Å². The molecule has 0 radical (unpaired) electrons. The van der Waals surface area contributed by atoms with Gasteiger partial charge in [-0.05, 0) is 62.6 Å². The van der Waals surface area contributed by atoms with E-state index in [0.29, 0.717) is 18.7 Å². The van der Waals surface area contributed by atoms with Crippen LogP contribution in [0.2, 0.25) is 0 Å². The second kappa shape index (κ2) is 9.88. The Labute approximate surface area is 173 Å². The highest BCUT2D eigenvalue weighted by Gasteiger charge is 2.15. The van der Waals surface area contributed by atoms with Crippen LogP contribution in [0.5, 0.6) is 5.75 Å². The SMILES string of the molecule is CC(C)S(=O)(=O)NCCOc1ccc2cc(CCNS(=O)(=O)C(C)C)ccc2c1. The molecule has 0 aliphatic carbocycles. The Hall–Kier alpha value is -1.68. The first-order chi connectivity index (χ1) is 13.5. The van der Waals surface area contributed by atoms with Gasteiger partial charge in [-0.2, -0.15) is 0 Å². The van der Waals surface area contributed by atoms with Crippen molar-refractivity contribution in [2.45, 2.75) is 44.6 Å². The summed E-state index contributed by atoms with van der Waals surface area (Å²) in [5, 5.41) is 1.11. The monoisotopic (exact) mass is 442 g/mol. The van der Waals surface area contributed by atoms with Crippen molar-refractivity contribution in [3.8, 4) is 5.75 Å². The topological polar surface area (TPSA) is 102 Å². The van der Waals surface area contributed by atoms with Crippen molar-refractivity contribution in [1.29, 1.82) is 0 Å². The molecule has 29 heavy (non-hydrogen) atoms. The van der Waals surface area contributed by atoms with Crippen LogP contribution in [0.3, 0.4) is 0 Å². The summed E-state index contributed by atoms with van der Waals surface area (Å²) < 4.78 is 57.8. The van der Waals surface area contributed by atoms with E-state index in [2.05, 4.69) is 9.44 Å². The van der Waals surface area contributed by atoms with Gasteiger partial charge in [0.25, 0.3) is 0 Å². The summed E-state index contributed by atoms with van der Waals surface area (Å²) in [6.07, 6.45) is 0.607. The number of nitrogens with one attached hydrogen (secondary N) is 2. The van der Waals surface area contributed by atoms with Crippen molar-refractivity contribution >= 4 is 30.8 Å². The summed E-state index contributed by atoms with van der Waals surface area (Å²) >= 11 is 0. The summed E-state index contributed by atoms with van der Waals surface area (Å²) in [5.74, 6) is 0.665. The lowest BCUT2D eigenvalue weighted by Crippen LogP contribution is -2.33. The van der Waals surface area contributed by atoms with Crippen molar-refractivity contribution in [3.63, 3.8) is 0 Å². The molecule has 162 valence electrons. The molecule has 0 aromatic heterocycles. The predicted molar refractivity (Wildman–Crippen MR) is 117 cm³/mol. The van der Waals surface area contributed by atoms with Gasteiger partial charge in [-0.3, -0.25) is 0 Å². The van der Waals surface area contributed by atoms with E-state index in [-0.39, 0.29) is 13.2 Å². The fourth-order valence-electron chi connectivity index (χ4n) is 2.54. The van der Waals surface area contributed by atoms with E-state index in [0.717, 1.165) is 16.3 Å². The van der Waals surface area contributed by atoms with Crippen LogP contribution in [0.15, 0.2) is 36.4 Å². The van der Waals surface area contributed by atoms with Crippen LogP contribution >= 0.6 is 0 Å². The van der Waals surface area contributed by atoms with Crippen molar-refractivity contribution in [1.82, 2.24) is 9.44 Å². The lowest BCUT2D eigenvalue weighted by Gasteiger charge is -2.11. The van der Waals surface area contributed by atoms with Crippen LogP contribution < -0.4 is 14.2 Å². The van der Waals surface area contributed by atoms with Crippen LogP contribution in [0.1, 0.15) is 33.3 Å². The van der Waals surface area contributed by atoms with E-state index < -0.39 is 30.5 Å². The molecule has 0 saturated heterocycles. The highest BCUT2D eigenvalue weighted by molar-refractivity contribution is 7.90.